The minimum atomic E-state index is -0.593. The number of ether oxygens (including phenoxy) is 2. The van der Waals surface area contributed by atoms with Gasteiger partial charge in [0, 0.05) is 16.8 Å². The van der Waals surface area contributed by atoms with Crippen LogP contribution in [0, 0.1) is 0 Å². The van der Waals surface area contributed by atoms with Crippen molar-refractivity contribution in [3.05, 3.63) is 53.6 Å². The summed E-state index contributed by atoms with van der Waals surface area (Å²) in [5, 5.41) is 3.40. The maximum Gasteiger partial charge on any atom is 0.265 e. The summed E-state index contributed by atoms with van der Waals surface area (Å²) in [5.41, 5.74) is 0.664. The van der Waals surface area contributed by atoms with Crippen LogP contribution in [0.2, 0.25) is 5.02 Å². The first-order valence-electron chi connectivity index (χ1n) is 6.99. The molecule has 22 heavy (non-hydrogen) atoms. The molecule has 116 valence electrons. The van der Waals surface area contributed by atoms with Crippen LogP contribution in [0.5, 0.6) is 11.5 Å². The van der Waals surface area contributed by atoms with Gasteiger partial charge < -0.3 is 14.8 Å². The number of hydrogen-bond donors (Lipinski definition) is 1. The monoisotopic (exact) mass is 319 g/mol. The first-order chi connectivity index (χ1) is 10.6. The topological polar surface area (TPSA) is 47.6 Å². The molecule has 0 radical (unpaired) electrons. The second-order valence-electron chi connectivity index (χ2n) is 4.69. The number of hydrogen-bond acceptors (Lipinski definition) is 3. The van der Waals surface area contributed by atoms with Crippen LogP contribution in [0.1, 0.15) is 13.3 Å². The van der Waals surface area contributed by atoms with E-state index in [-0.39, 0.29) is 5.91 Å². The smallest absolute Gasteiger partial charge is 0.265 e. The molecular formula is C17H18ClNO3. The number of carbonyl (C=O) groups is 1. The molecule has 1 amide bonds. The van der Waals surface area contributed by atoms with Crippen molar-refractivity contribution in [3.63, 3.8) is 0 Å². The summed E-state index contributed by atoms with van der Waals surface area (Å²) in [7, 11) is 1.58. The Balaban J connectivity index is 2.05. The van der Waals surface area contributed by atoms with E-state index in [1.165, 1.54) is 0 Å². The SMILES string of the molecule is CCC(Oc1cccc(Cl)c1)C(=O)Nc1cccc(OC)c1. The van der Waals surface area contributed by atoms with Crippen LogP contribution in [0.15, 0.2) is 48.5 Å². The van der Waals surface area contributed by atoms with Gasteiger partial charge in [-0.15, -0.1) is 0 Å². The number of carbonyl (C=O) groups excluding carboxylic acids is 1. The van der Waals surface area contributed by atoms with E-state index >= 15 is 0 Å². The standard InChI is InChI=1S/C17H18ClNO3/c1-3-16(22-15-9-4-6-12(18)10-15)17(20)19-13-7-5-8-14(11-13)21-2/h4-11,16H,3H2,1-2H3,(H,19,20). The summed E-state index contributed by atoms with van der Waals surface area (Å²) in [6.07, 6.45) is -0.0489. The normalized spacial score (nSPS) is 11.6. The molecule has 0 aliphatic heterocycles. The van der Waals surface area contributed by atoms with E-state index in [0.29, 0.717) is 28.6 Å². The molecule has 0 aliphatic carbocycles. The number of nitrogens with one attached hydrogen (secondary N) is 1. The highest BCUT2D eigenvalue weighted by molar-refractivity contribution is 6.30. The third-order valence-corrected chi connectivity index (χ3v) is 3.31. The van der Waals surface area contributed by atoms with Gasteiger partial charge in [0.2, 0.25) is 0 Å². The van der Waals surface area contributed by atoms with E-state index in [2.05, 4.69) is 5.32 Å². The third-order valence-electron chi connectivity index (χ3n) is 3.07. The van der Waals surface area contributed by atoms with Crippen LogP contribution >= 0.6 is 11.6 Å². The Bertz CT molecular complexity index is 645. The molecular weight excluding hydrogens is 302 g/mol. The van der Waals surface area contributed by atoms with Crippen LogP contribution in [0.25, 0.3) is 0 Å². The molecule has 0 fully saturated rings. The summed E-state index contributed by atoms with van der Waals surface area (Å²) in [5.74, 6) is 1.04. The molecule has 4 nitrogen and oxygen atoms in total. The van der Waals surface area contributed by atoms with Crippen molar-refractivity contribution in [1.29, 1.82) is 0 Å². The van der Waals surface area contributed by atoms with Gasteiger partial charge >= 0.3 is 0 Å². The van der Waals surface area contributed by atoms with E-state index in [4.69, 9.17) is 21.1 Å². The zero-order chi connectivity index (χ0) is 15.9. The minimum absolute atomic E-state index is 0.212. The number of methoxy groups -OCH3 is 1. The summed E-state index contributed by atoms with van der Waals surface area (Å²) < 4.78 is 10.8. The zero-order valence-corrected chi connectivity index (χ0v) is 13.3. The van der Waals surface area contributed by atoms with Crippen molar-refractivity contribution in [2.75, 3.05) is 12.4 Å². The molecule has 1 unspecified atom stereocenters. The fourth-order valence-corrected chi connectivity index (χ4v) is 2.13. The van der Waals surface area contributed by atoms with Crippen molar-refractivity contribution in [2.24, 2.45) is 0 Å². The molecule has 0 bridgehead atoms. The van der Waals surface area contributed by atoms with Crippen LogP contribution in [0.3, 0.4) is 0 Å². The van der Waals surface area contributed by atoms with Gasteiger partial charge in [-0.25, -0.2) is 0 Å². The van der Waals surface area contributed by atoms with Crippen molar-refractivity contribution in [3.8, 4) is 11.5 Å². The van der Waals surface area contributed by atoms with Crippen molar-refractivity contribution < 1.29 is 14.3 Å². The van der Waals surface area contributed by atoms with E-state index in [1.54, 1.807) is 43.5 Å². The summed E-state index contributed by atoms with van der Waals surface area (Å²) in [6.45, 7) is 1.89. The Morgan fingerprint density at radius 1 is 1.18 bits per heavy atom. The zero-order valence-electron chi connectivity index (χ0n) is 12.5. The Labute approximate surface area is 135 Å². The molecule has 1 N–H and O–H groups in total. The van der Waals surface area contributed by atoms with Crippen LogP contribution in [0.4, 0.5) is 5.69 Å². The van der Waals surface area contributed by atoms with Gasteiger partial charge in [-0.2, -0.15) is 0 Å². The third kappa shape index (κ3) is 4.40. The van der Waals surface area contributed by atoms with Crippen molar-refractivity contribution >= 4 is 23.2 Å². The average Bonchev–Trinajstić information content (AvgIpc) is 2.52. The first kappa shape index (κ1) is 16.2. The maximum absolute atomic E-state index is 12.3. The van der Waals surface area contributed by atoms with Crippen molar-refractivity contribution in [1.82, 2.24) is 0 Å². The lowest BCUT2D eigenvalue weighted by Gasteiger charge is -2.17. The van der Waals surface area contributed by atoms with Gasteiger partial charge in [0.05, 0.1) is 7.11 Å². The molecule has 0 aliphatic rings. The fourth-order valence-electron chi connectivity index (χ4n) is 1.95. The lowest BCUT2D eigenvalue weighted by molar-refractivity contribution is -0.122. The summed E-state index contributed by atoms with van der Waals surface area (Å²) in [4.78, 5) is 12.3. The summed E-state index contributed by atoms with van der Waals surface area (Å²) >= 11 is 5.92. The number of halogens is 1. The Morgan fingerprint density at radius 3 is 2.59 bits per heavy atom. The van der Waals surface area contributed by atoms with Crippen LogP contribution < -0.4 is 14.8 Å². The molecule has 2 aromatic rings. The second-order valence-corrected chi connectivity index (χ2v) is 5.13. The molecule has 0 saturated carbocycles. The molecule has 0 heterocycles. The van der Waals surface area contributed by atoms with Crippen LogP contribution in [-0.4, -0.2) is 19.1 Å². The molecule has 0 saturated heterocycles. The van der Waals surface area contributed by atoms with Gasteiger partial charge in [0.1, 0.15) is 11.5 Å². The molecule has 5 heteroatoms. The van der Waals surface area contributed by atoms with Gasteiger partial charge in [-0.3, -0.25) is 4.79 Å². The van der Waals surface area contributed by atoms with Gasteiger partial charge in [0.25, 0.3) is 5.91 Å². The number of benzene rings is 2. The van der Waals surface area contributed by atoms with Gasteiger partial charge in [0.15, 0.2) is 6.10 Å². The molecule has 0 spiro atoms. The highest BCUT2D eigenvalue weighted by Crippen LogP contribution is 2.21. The van der Waals surface area contributed by atoms with E-state index in [1.807, 2.05) is 19.1 Å². The Kier molecular flexibility index (Phi) is 5.67. The molecule has 2 rings (SSSR count). The summed E-state index contributed by atoms with van der Waals surface area (Å²) in [6, 6.07) is 14.2. The second kappa shape index (κ2) is 7.71. The molecule has 0 aromatic heterocycles. The highest BCUT2D eigenvalue weighted by atomic mass is 35.5. The van der Waals surface area contributed by atoms with Crippen molar-refractivity contribution in [2.45, 2.75) is 19.4 Å². The van der Waals surface area contributed by atoms with Crippen LogP contribution in [-0.2, 0) is 4.79 Å². The predicted molar refractivity (Wildman–Crippen MR) is 87.8 cm³/mol. The lowest BCUT2D eigenvalue weighted by atomic mass is 10.2. The van der Waals surface area contributed by atoms with E-state index in [9.17, 15) is 4.79 Å². The largest absolute Gasteiger partial charge is 0.497 e. The first-order valence-corrected chi connectivity index (χ1v) is 7.37. The van der Waals surface area contributed by atoms with E-state index < -0.39 is 6.10 Å². The predicted octanol–water partition coefficient (Wildman–Crippen LogP) is 4.14. The fraction of sp³-hybridized carbons (Fsp3) is 0.235. The molecule has 1 atom stereocenters. The van der Waals surface area contributed by atoms with Gasteiger partial charge in [-0.05, 0) is 36.8 Å². The Hall–Kier alpha value is -2.20. The average molecular weight is 320 g/mol. The lowest BCUT2D eigenvalue weighted by Crippen LogP contribution is -2.32. The quantitative estimate of drug-likeness (QED) is 0.870. The van der Waals surface area contributed by atoms with E-state index in [0.717, 1.165) is 0 Å². The minimum Gasteiger partial charge on any atom is -0.497 e. The number of amides is 1. The molecule has 2 aromatic carbocycles. The Morgan fingerprint density at radius 2 is 1.91 bits per heavy atom. The maximum atomic E-state index is 12.3. The number of rotatable bonds is 6. The number of anilines is 1. The highest BCUT2D eigenvalue weighted by Gasteiger charge is 2.18. The van der Waals surface area contributed by atoms with Gasteiger partial charge in [-0.1, -0.05) is 30.7 Å².